The molecular weight excluding hydrogens is 281 g/mol. The smallest absolute Gasteiger partial charge is 0.350 e. The monoisotopic (exact) mass is 295 g/mol. The first-order chi connectivity index (χ1) is 10.7. The van der Waals surface area contributed by atoms with Crippen LogP contribution < -0.4 is 10.6 Å². The minimum absolute atomic E-state index is 0.254. The third-order valence-corrected chi connectivity index (χ3v) is 4.21. The van der Waals surface area contributed by atoms with Gasteiger partial charge in [-0.25, -0.2) is 9.18 Å². The quantitative estimate of drug-likeness (QED) is 0.695. The van der Waals surface area contributed by atoms with Gasteiger partial charge >= 0.3 is 5.69 Å². The van der Waals surface area contributed by atoms with Crippen molar-refractivity contribution in [3.05, 3.63) is 57.9 Å². The summed E-state index contributed by atoms with van der Waals surface area (Å²) in [5, 5.41) is 0. The number of halogens is 1. The first-order valence-corrected chi connectivity index (χ1v) is 7.37. The first-order valence-electron chi connectivity index (χ1n) is 7.37. The molecule has 1 unspecified atom stereocenters. The normalized spacial score (nSPS) is 18.6. The van der Waals surface area contributed by atoms with E-state index < -0.39 is 0 Å². The van der Waals surface area contributed by atoms with E-state index in [4.69, 9.17) is 0 Å². The van der Waals surface area contributed by atoms with E-state index in [2.05, 4.69) is 21.7 Å². The second-order valence-electron chi connectivity index (χ2n) is 5.64. The van der Waals surface area contributed by atoms with Gasteiger partial charge in [-0.2, -0.15) is 4.98 Å². The summed E-state index contributed by atoms with van der Waals surface area (Å²) in [5.74, 6) is 6.31. The van der Waals surface area contributed by atoms with Crippen molar-refractivity contribution in [1.82, 2.24) is 9.55 Å². The molecule has 0 radical (unpaired) electrons. The van der Waals surface area contributed by atoms with E-state index in [-0.39, 0.29) is 11.5 Å². The fourth-order valence-electron chi connectivity index (χ4n) is 3.21. The van der Waals surface area contributed by atoms with Crippen LogP contribution in [0.25, 0.3) is 0 Å². The van der Waals surface area contributed by atoms with Crippen LogP contribution >= 0.6 is 0 Å². The third-order valence-electron chi connectivity index (χ3n) is 4.21. The second-order valence-corrected chi connectivity index (χ2v) is 5.64. The lowest BCUT2D eigenvalue weighted by Gasteiger charge is -2.16. The lowest BCUT2D eigenvalue weighted by Crippen LogP contribution is -2.24. The molecule has 2 aliphatic rings. The predicted octanol–water partition coefficient (Wildman–Crippen LogP) is 1.76. The Balaban J connectivity index is 1.72. The Kier molecular flexibility index (Phi) is 2.97. The Morgan fingerprint density at radius 3 is 3.05 bits per heavy atom. The zero-order chi connectivity index (χ0) is 15.1. The van der Waals surface area contributed by atoms with Crippen LogP contribution in [0.3, 0.4) is 0 Å². The molecule has 5 heteroatoms. The molecule has 110 valence electrons. The number of aromatic nitrogens is 2. The standard InChI is InChI=1S/C17H14FN3O/c18-13-4-1-3-12(9-13)6-7-14-10-16-20-8-2-5-15(20)11-21(16)17(22)19-14/h1,3-4,9-10,15H,2,5,8,11H2. The number of nitrogens with zero attached hydrogens (tertiary/aromatic N) is 3. The molecule has 1 aromatic carbocycles. The Morgan fingerprint density at radius 2 is 2.18 bits per heavy atom. The highest BCUT2D eigenvalue weighted by molar-refractivity contribution is 5.50. The van der Waals surface area contributed by atoms with Gasteiger partial charge in [0.05, 0.1) is 0 Å². The van der Waals surface area contributed by atoms with Crippen molar-refractivity contribution < 1.29 is 4.39 Å². The number of fused-ring (bicyclic) bond motifs is 3. The molecule has 4 nitrogen and oxygen atoms in total. The highest BCUT2D eigenvalue weighted by Gasteiger charge is 2.33. The number of hydrogen-bond acceptors (Lipinski definition) is 3. The van der Waals surface area contributed by atoms with Crippen molar-refractivity contribution in [3.63, 3.8) is 0 Å². The summed E-state index contributed by atoms with van der Waals surface area (Å²) < 4.78 is 14.9. The zero-order valence-electron chi connectivity index (χ0n) is 11.9. The molecule has 3 heterocycles. The maximum Gasteiger partial charge on any atom is 0.350 e. The van der Waals surface area contributed by atoms with Gasteiger partial charge in [-0.05, 0) is 37.0 Å². The molecule has 0 spiro atoms. The van der Waals surface area contributed by atoms with Crippen LogP contribution in [-0.2, 0) is 6.54 Å². The molecule has 1 aromatic heterocycles. The lowest BCUT2D eigenvalue weighted by molar-refractivity contribution is 0.604. The molecule has 1 atom stereocenters. The Hall–Kier alpha value is -2.61. The average Bonchev–Trinajstić information content (AvgIpc) is 3.07. The van der Waals surface area contributed by atoms with Crippen molar-refractivity contribution in [1.29, 1.82) is 0 Å². The minimum atomic E-state index is -0.325. The first kappa shape index (κ1) is 13.1. The lowest BCUT2D eigenvalue weighted by atomic mass is 10.2. The van der Waals surface area contributed by atoms with E-state index in [1.165, 1.54) is 12.1 Å². The summed E-state index contributed by atoms with van der Waals surface area (Å²) in [6, 6.07) is 8.36. The van der Waals surface area contributed by atoms with Crippen molar-refractivity contribution in [3.8, 4) is 11.8 Å². The summed E-state index contributed by atoms with van der Waals surface area (Å²) in [6.07, 6.45) is 2.27. The maximum atomic E-state index is 13.1. The van der Waals surface area contributed by atoms with Crippen LogP contribution in [0.2, 0.25) is 0 Å². The van der Waals surface area contributed by atoms with Crippen LogP contribution in [0.1, 0.15) is 24.1 Å². The molecule has 0 N–H and O–H groups in total. The SMILES string of the molecule is O=c1nc(C#Cc2cccc(F)c2)cc2n1CC1CCCN21. The van der Waals surface area contributed by atoms with E-state index in [0.717, 1.165) is 31.7 Å². The fourth-order valence-corrected chi connectivity index (χ4v) is 3.21. The van der Waals surface area contributed by atoms with Crippen LogP contribution in [0.4, 0.5) is 10.2 Å². The third kappa shape index (κ3) is 2.17. The molecule has 2 aliphatic heterocycles. The Bertz CT molecular complexity index is 862. The van der Waals surface area contributed by atoms with Crippen LogP contribution in [0.15, 0.2) is 35.1 Å². The largest absolute Gasteiger partial charge is 0.353 e. The van der Waals surface area contributed by atoms with E-state index in [1.807, 2.05) is 6.07 Å². The summed E-state index contributed by atoms with van der Waals surface area (Å²) in [6.45, 7) is 1.70. The van der Waals surface area contributed by atoms with E-state index >= 15 is 0 Å². The summed E-state index contributed by atoms with van der Waals surface area (Å²) >= 11 is 0. The van der Waals surface area contributed by atoms with Crippen LogP contribution in [0.5, 0.6) is 0 Å². The Morgan fingerprint density at radius 1 is 1.27 bits per heavy atom. The summed E-state index contributed by atoms with van der Waals surface area (Å²) in [4.78, 5) is 18.4. The molecule has 0 amide bonds. The van der Waals surface area contributed by atoms with Gasteiger partial charge in [0.25, 0.3) is 0 Å². The van der Waals surface area contributed by atoms with Crippen LogP contribution in [-0.4, -0.2) is 22.1 Å². The topological polar surface area (TPSA) is 38.1 Å². The molecule has 22 heavy (non-hydrogen) atoms. The Labute approximate surface area is 127 Å². The highest BCUT2D eigenvalue weighted by Crippen LogP contribution is 2.31. The maximum absolute atomic E-state index is 13.1. The van der Waals surface area contributed by atoms with Gasteiger partial charge in [0.15, 0.2) is 0 Å². The fraction of sp³-hybridized carbons (Fsp3) is 0.294. The summed E-state index contributed by atoms with van der Waals surface area (Å²) in [7, 11) is 0. The second kappa shape index (κ2) is 4.99. The predicted molar refractivity (Wildman–Crippen MR) is 81.2 cm³/mol. The molecule has 0 aliphatic carbocycles. The van der Waals surface area contributed by atoms with Gasteiger partial charge in [0.1, 0.15) is 17.3 Å². The number of rotatable bonds is 0. The zero-order valence-corrected chi connectivity index (χ0v) is 11.9. The van der Waals surface area contributed by atoms with Crippen molar-refractivity contribution in [2.24, 2.45) is 0 Å². The van der Waals surface area contributed by atoms with Gasteiger partial charge in [-0.3, -0.25) is 4.57 Å². The number of hydrogen-bond donors (Lipinski definition) is 0. The molecule has 0 bridgehead atoms. The minimum Gasteiger partial charge on any atom is -0.353 e. The van der Waals surface area contributed by atoms with Crippen molar-refractivity contribution >= 4 is 5.82 Å². The van der Waals surface area contributed by atoms with Crippen LogP contribution in [0, 0.1) is 17.7 Å². The molecule has 1 saturated heterocycles. The molecule has 1 fully saturated rings. The van der Waals surface area contributed by atoms with Gasteiger partial charge in [-0.1, -0.05) is 12.0 Å². The molecule has 2 aromatic rings. The summed E-state index contributed by atoms with van der Waals surface area (Å²) in [5.41, 5.74) is 0.755. The van der Waals surface area contributed by atoms with E-state index in [1.54, 1.807) is 16.7 Å². The number of anilines is 1. The molecule has 0 saturated carbocycles. The highest BCUT2D eigenvalue weighted by atomic mass is 19.1. The molecular formula is C17H14FN3O. The van der Waals surface area contributed by atoms with Gasteiger partial charge in [0, 0.05) is 30.8 Å². The van der Waals surface area contributed by atoms with Gasteiger partial charge < -0.3 is 4.90 Å². The van der Waals surface area contributed by atoms with Crippen molar-refractivity contribution in [2.75, 3.05) is 11.4 Å². The molecule has 4 rings (SSSR count). The van der Waals surface area contributed by atoms with Crippen molar-refractivity contribution in [2.45, 2.75) is 25.4 Å². The van der Waals surface area contributed by atoms with E-state index in [9.17, 15) is 9.18 Å². The average molecular weight is 295 g/mol. The van der Waals surface area contributed by atoms with Gasteiger partial charge in [-0.15, -0.1) is 0 Å². The van der Waals surface area contributed by atoms with E-state index in [0.29, 0.717) is 17.3 Å². The number of benzene rings is 1. The van der Waals surface area contributed by atoms with Gasteiger partial charge in [0.2, 0.25) is 0 Å².